The monoisotopic (exact) mass is 381 g/mol. The van der Waals surface area contributed by atoms with Gasteiger partial charge in [0.15, 0.2) is 0 Å². The summed E-state index contributed by atoms with van der Waals surface area (Å²) >= 11 is -3.11. The molecule has 1 aliphatic heterocycles. The fourth-order valence-electron chi connectivity index (χ4n) is 1.93. The molecule has 0 unspecified atom stereocenters. The molecule has 0 fully saturated rings. The van der Waals surface area contributed by atoms with Gasteiger partial charge in [0.2, 0.25) is 0 Å². The maximum absolute atomic E-state index is 5.01. The molecule has 0 saturated carbocycles. The molecule has 2 aromatic rings. The van der Waals surface area contributed by atoms with E-state index < -0.39 is 12.3 Å². The summed E-state index contributed by atoms with van der Waals surface area (Å²) in [5, 5.41) is 0. The fourth-order valence-corrected chi connectivity index (χ4v) is 1.93. The van der Waals surface area contributed by atoms with E-state index in [4.69, 9.17) is 37.2 Å². The van der Waals surface area contributed by atoms with Crippen molar-refractivity contribution in [3.63, 3.8) is 0 Å². The van der Waals surface area contributed by atoms with Crippen LogP contribution >= 0.6 is 37.2 Å². The predicted molar refractivity (Wildman–Crippen MR) is 86.2 cm³/mol. The minimum absolute atomic E-state index is 0.959. The van der Waals surface area contributed by atoms with E-state index in [-0.39, 0.29) is 0 Å². The molecule has 1 heterocycles. The average Bonchev–Trinajstić information content (AvgIpc) is 2.81. The Morgan fingerprint density at radius 3 is 1.95 bits per heavy atom. The second-order valence-electron chi connectivity index (χ2n) is 4.16. The van der Waals surface area contributed by atoms with Crippen LogP contribution in [0.3, 0.4) is 0 Å². The van der Waals surface area contributed by atoms with Crippen LogP contribution in [0, 0.1) is 0 Å². The van der Waals surface area contributed by atoms with Crippen LogP contribution in [-0.2, 0) is 18.8 Å². The molecule has 1 aliphatic rings. The van der Waals surface area contributed by atoms with Gasteiger partial charge in [-0.2, -0.15) is 0 Å². The molecule has 0 amide bonds. The summed E-state index contributed by atoms with van der Waals surface area (Å²) in [7, 11) is 20.1. The van der Waals surface area contributed by atoms with Gasteiger partial charge >= 0.3 is 49.6 Å². The third kappa shape index (κ3) is 5.40. The predicted octanol–water partition coefficient (Wildman–Crippen LogP) is 6.12. The van der Waals surface area contributed by atoms with Crippen molar-refractivity contribution in [2.24, 2.45) is 4.99 Å². The van der Waals surface area contributed by atoms with Crippen molar-refractivity contribution in [2.75, 3.05) is 0 Å². The SMILES string of the molecule is [Cl][Ti]([Cl])([Cl])[Cl].c1ccc(C2=Nc3ccccc3C2)cc1. The molecule has 6 heteroatoms. The molecule has 3 rings (SSSR count). The molecule has 0 N–H and O–H groups in total. The summed E-state index contributed by atoms with van der Waals surface area (Å²) in [6, 6.07) is 18.7. The quantitative estimate of drug-likeness (QED) is 0.527. The zero-order valence-corrected chi connectivity index (χ0v) is 14.9. The number of aliphatic imine (C=N–C) groups is 1. The number of benzene rings is 2. The molecule has 0 radical (unpaired) electrons. The molecule has 104 valence electrons. The van der Waals surface area contributed by atoms with Crippen molar-refractivity contribution in [3.05, 3.63) is 65.7 Å². The molecule has 1 nitrogen and oxygen atoms in total. The first-order valence-corrected chi connectivity index (χ1v) is 14.5. The first-order valence-electron chi connectivity index (χ1n) is 5.90. The summed E-state index contributed by atoms with van der Waals surface area (Å²) in [4.78, 5) is 4.64. The van der Waals surface area contributed by atoms with Crippen molar-refractivity contribution in [3.8, 4) is 0 Å². The molecule has 2 aromatic carbocycles. The van der Waals surface area contributed by atoms with Crippen LogP contribution in [0.25, 0.3) is 0 Å². The van der Waals surface area contributed by atoms with Crippen LogP contribution in [0.2, 0.25) is 0 Å². The van der Waals surface area contributed by atoms with E-state index in [1.165, 1.54) is 16.8 Å². The van der Waals surface area contributed by atoms with Gasteiger partial charge in [-0.05, 0) is 17.2 Å². The minimum atomic E-state index is -3.11. The third-order valence-electron chi connectivity index (χ3n) is 2.71. The molecule has 0 aromatic heterocycles. The van der Waals surface area contributed by atoms with E-state index in [1.54, 1.807) is 0 Å². The average molecular weight is 383 g/mol. The number of halogens is 4. The van der Waals surface area contributed by atoms with Gasteiger partial charge in [0.25, 0.3) is 0 Å². The van der Waals surface area contributed by atoms with Crippen molar-refractivity contribution in [2.45, 2.75) is 6.42 Å². The molecule has 0 aliphatic carbocycles. The molecular formula is C14H11Cl4NTi. The zero-order valence-electron chi connectivity index (χ0n) is 10.4. The Balaban J connectivity index is 0.000000257. The Hall–Kier alpha value is -0.0157. The van der Waals surface area contributed by atoms with E-state index in [9.17, 15) is 0 Å². The second-order valence-corrected chi connectivity index (χ2v) is 19.6. The summed E-state index contributed by atoms with van der Waals surface area (Å²) in [6.45, 7) is 0. The number of para-hydroxylation sites is 1. The molecule has 0 saturated heterocycles. The van der Waals surface area contributed by atoms with Gasteiger partial charge in [-0.15, -0.1) is 0 Å². The summed E-state index contributed by atoms with van der Waals surface area (Å²) in [5.74, 6) is 0. The van der Waals surface area contributed by atoms with E-state index in [2.05, 4.69) is 47.5 Å². The van der Waals surface area contributed by atoms with Crippen LogP contribution < -0.4 is 0 Å². The fraction of sp³-hybridized carbons (Fsp3) is 0.0714. The van der Waals surface area contributed by atoms with Crippen molar-refractivity contribution >= 4 is 48.6 Å². The summed E-state index contributed by atoms with van der Waals surface area (Å²) in [6.07, 6.45) is 0.959. The molecule has 0 bridgehead atoms. The maximum atomic E-state index is 5.01. The van der Waals surface area contributed by atoms with E-state index in [0.29, 0.717) is 0 Å². The van der Waals surface area contributed by atoms with E-state index >= 15 is 0 Å². The van der Waals surface area contributed by atoms with Crippen molar-refractivity contribution in [1.82, 2.24) is 0 Å². The third-order valence-corrected chi connectivity index (χ3v) is 2.71. The van der Waals surface area contributed by atoms with E-state index in [1.807, 2.05) is 12.1 Å². The van der Waals surface area contributed by atoms with Gasteiger partial charge in [0.1, 0.15) is 0 Å². The summed E-state index contributed by atoms with van der Waals surface area (Å²) in [5.41, 5.74) is 4.86. The minimum Gasteiger partial charge on any atom is -0.252 e. The van der Waals surface area contributed by atoms with Crippen LogP contribution in [-0.4, -0.2) is 5.71 Å². The summed E-state index contributed by atoms with van der Waals surface area (Å²) < 4.78 is 0. The van der Waals surface area contributed by atoms with Gasteiger partial charge in [-0.25, -0.2) is 0 Å². The number of fused-ring (bicyclic) bond motifs is 1. The van der Waals surface area contributed by atoms with Crippen LogP contribution in [0.15, 0.2) is 59.6 Å². The van der Waals surface area contributed by atoms with Gasteiger partial charge < -0.3 is 0 Å². The topological polar surface area (TPSA) is 12.4 Å². The Bertz CT molecular complexity index is 602. The van der Waals surface area contributed by atoms with Gasteiger partial charge in [-0.1, -0.05) is 48.5 Å². The van der Waals surface area contributed by atoms with Crippen LogP contribution in [0.4, 0.5) is 5.69 Å². The van der Waals surface area contributed by atoms with Crippen LogP contribution in [0.5, 0.6) is 0 Å². The second kappa shape index (κ2) is 7.31. The van der Waals surface area contributed by atoms with Gasteiger partial charge in [-0.3, -0.25) is 4.99 Å². The Kier molecular flexibility index (Phi) is 5.98. The number of rotatable bonds is 1. The van der Waals surface area contributed by atoms with Crippen LogP contribution in [0.1, 0.15) is 11.1 Å². The first-order chi connectivity index (χ1) is 9.43. The normalized spacial score (nSPS) is 13.1. The maximum Gasteiger partial charge on any atom is 0.0669 e. The number of hydrogen-bond acceptors (Lipinski definition) is 1. The van der Waals surface area contributed by atoms with Crippen molar-refractivity contribution in [1.29, 1.82) is 0 Å². The molecule has 0 atom stereocenters. The zero-order chi connectivity index (χ0) is 14.6. The Labute approximate surface area is 137 Å². The Morgan fingerprint density at radius 1 is 0.800 bits per heavy atom. The standard InChI is InChI=1S/C14H11N.4ClH.Ti/c1-2-6-11(7-3-1)14-10-12-8-4-5-9-13(12)15-14;;;;;/h1-9H,10H2;4*1H;/q;;;;;+4/p-4. The molecule has 0 spiro atoms. The Morgan fingerprint density at radius 2 is 1.35 bits per heavy atom. The molecular weight excluding hydrogens is 372 g/mol. The molecule has 20 heavy (non-hydrogen) atoms. The van der Waals surface area contributed by atoms with Crippen molar-refractivity contribution < 1.29 is 12.3 Å². The van der Waals surface area contributed by atoms with Gasteiger partial charge in [0, 0.05) is 6.42 Å². The first kappa shape index (κ1) is 16.4. The van der Waals surface area contributed by atoms with Gasteiger partial charge in [0.05, 0.1) is 11.4 Å². The number of hydrogen-bond donors (Lipinski definition) is 0. The number of nitrogens with zero attached hydrogens (tertiary/aromatic N) is 1. The largest absolute Gasteiger partial charge is 0.252 e. The smallest absolute Gasteiger partial charge is 0.0669 e. The van der Waals surface area contributed by atoms with E-state index in [0.717, 1.165) is 12.1 Å².